The molecule has 102 valence electrons. The molecule has 0 aromatic heterocycles. The first-order valence-corrected chi connectivity index (χ1v) is 6.79. The van der Waals surface area contributed by atoms with Gasteiger partial charge < -0.3 is 5.32 Å². The highest BCUT2D eigenvalue weighted by molar-refractivity contribution is 7.80. The molecule has 0 fully saturated rings. The fourth-order valence-electron chi connectivity index (χ4n) is 1.82. The van der Waals surface area contributed by atoms with Gasteiger partial charge in [0.2, 0.25) is 0 Å². The van der Waals surface area contributed by atoms with Gasteiger partial charge in [0.05, 0.1) is 6.04 Å². The van der Waals surface area contributed by atoms with Crippen LogP contribution in [-0.2, 0) is 0 Å². The SMILES string of the molecule is CC(NC(=O)NC(=S)c1ccccc1)c1ccccc1. The zero-order valence-corrected chi connectivity index (χ0v) is 12.0. The van der Waals surface area contributed by atoms with Gasteiger partial charge >= 0.3 is 6.03 Å². The molecule has 1 atom stereocenters. The quantitative estimate of drug-likeness (QED) is 0.848. The third-order valence-electron chi connectivity index (χ3n) is 2.91. The van der Waals surface area contributed by atoms with Crippen molar-refractivity contribution in [1.29, 1.82) is 0 Å². The number of hydrogen-bond acceptors (Lipinski definition) is 2. The Morgan fingerprint density at radius 2 is 1.55 bits per heavy atom. The monoisotopic (exact) mass is 284 g/mol. The third kappa shape index (κ3) is 3.90. The summed E-state index contributed by atoms with van der Waals surface area (Å²) in [7, 11) is 0. The largest absolute Gasteiger partial charge is 0.331 e. The summed E-state index contributed by atoms with van der Waals surface area (Å²) >= 11 is 5.19. The van der Waals surface area contributed by atoms with Crippen LogP contribution < -0.4 is 10.6 Å². The van der Waals surface area contributed by atoms with Gasteiger partial charge in [0.15, 0.2) is 0 Å². The average Bonchev–Trinajstić information content (AvgIpc) is 2.49. The van der Waals surface area contributed by atoms with E-state index in [0.29, 0.717) is 4.99 Å². The first-order valence-electron chi connectivity index (χ1n) is 6.38. The van der Waals surface area contributed by atoms with Gasteiger partial charge in [0, 0.05) is 5.56 Å². The van der Waals surface area contributed by atoms with E-state index in [1.165, 1.54) is 0 Å². The molecule has 0 aliphatic carbocycles. The van der Waals surface area contributed by atoms with Crippen LogP contribution in [0, 0.1) is 0 Å². The van der Waals surface area contributed by atoms with Crippen molar-refractivity contribution >= 4 is 23.2 Å². The Kier molecular flexibility index (Phi) is 4.85. The summed E-state index contributed by atoms with van der Waals surface area (Å²) in [6, 6.07) is 18.8. The molecule has 0 aliphatic rings. The average molecular weight is 284 g/mol. The van der Waals surface area contributed by atoms with Crippen LogP contribution in [0.5, 0.6) is 0 Å². The molecule has 1 unspecified atom stereocenters. The van der Waals surface area contributed by atoms with Crippen LogP contribution in [0.15, 0.2) is 60.7 Å². The molecule has 2 aromatic carbocycles. The summed E-state index contributed by atoms with van der Waals surface area (Å²) in [6.07, 6.45) is 0. The molecule has 4 heteroatoms. The molecule has 0 heterocycles. The van der Waals surface area contributed by atoms with Gasteiger partial charge in [-0.3, -0.25) is 5.32 Å². The number of thiocarbonyl (C=S) groups is 1. The number of nitrogens with one attached hydrogen (secondary N) is 2. The first kappa shape index (κ1) is 14.2. The standard InChI is InChI=1S/C16H16N2OS/c1-12(13-8-4-2-5-9-13)17-16(19)18-15(20)14-10-6-3-7-11-14/h2-12H,1H3,(H2,17,18,19,20). The number of carbonyl (C=O) groups is 1. The van der Waals surface area contributed by atoms with E-state index in [1.54, 1.807) is 0 Å². The number of hydrogen-bond donors (Lipinski definition) is 2. The van der Waals surface area contributed by atoms with Crippen LogP contribution in [-0.4, -0.2) is 11.0 Å². The lowest BCUT2D eigenvalue weighted by atomic mass is 10.1. The normalized spacial score (nSPS) is 11.4. The molecule has 2 N–H and O–H groups in total. The van der Waals surface area contributed by atoms with E-state index in [1.807, 2.05) is 67.6 Å². The van der Waals surface area contributed by atoms with Gasteiger partial charge in [0.1, 0.15) is 4.99 Å². The predicted octanol–water partition coefficient (Wildman–Crippen LogP) is 3.42. The second-order valence-corrected chi connectivity index (χ2v) is 4.83. The maximum absolute atomic E-state index is 11.9. The van der Waals surface area contributed by atoms with Crippen molar-refractivity contribution in [2.45, 2.75) is 13.0 Å². The summed E-state index contributed by atoms with van der Waals surface area (Å²) < 4.78 is 0. The van der Waals surface area contributed by atoms with E-state index in [4.69, 9.17) is 12.2 Å². The van der Waals surface area contributed by atoms with E-state index in [2.05, 4.69) is 10.6 Å². The minimum absolute atomic E-state index is 0.0743. The maximum atomic E-state index is 11.9. The lowest BCUT2D eigenvalue weighted by Gasteiger charge is -2.15. The Morgan fingerprint density at radius 1 is 1.00 bits per heavy atom. The molecule has 2 rings (SSSR count). The predicted molar refractivity (Wildman–Crippen MR) is 84.7 cm³/mol. The number of rotatable bonds is 3. The lowest BCUT2D eigenvalue weighted by Crippen LogP contribution is -2.40. The van der Waals surface area contributed by atoms with E-state index in [9.17, 15) is 4.79 Å². The number of urea groups is 1. The molecule has 0 spiro atoms. The highest BCUT2D eigenvalue weighted by Gasteiger charge is 2.10. The Hall–Kier alpha value is -2.20. The van der Waals surface area contributed by atoms with Gasteiger partial charge in [-0.05, 0) is 12.5 Å². The molecule has 0 saturated carbocycles. The third-order valence-corrected chi connectivity index (χ3v) is 3.25. The van der Waals surface area contributed by atoms with Gasteiger partial charge in [0.25, 0.3) is 0 Å². The Balaban J connectivity index is 1.91. The highest BCUT2D eigenvalue weighted by atomic mass is 32.1. The van der Waals surface area contributed by atoms with E-state index >= 15 is 0 Å². The molecule has 2 amide bonds. The smallest absolute Gasteiger partial charge is 0.320 e. The van der Waals surface area contributed by atoms with Crippen LogP contribution in [0.3, 0.4) is 0 Å². The van der Waals surface area contributed by atoms with Crippen molar-refractivity contribution in [1.82, 2.24) is 10.6 Å². The maximum Gasteiger partial charge on any atom is 0.320 e. The first-order chi connectivity index (χ1) is 9.66. The summed E-state index contributed by atoms with van der Waals surface area (Å²) in [5.74, 6) is 0. The molecule has 0 saturated heterocycles. The molecular formula is C16H16N2OS. The van der Waals surface area contributed by atoms with Crippen molar-refractivity contribution in [3.8, 4) is 0 Å². The van der Waals surface area contributed by atoms with E-state index in [0.717, 1.165) is 11.1 Å². The minimum Gasteiger partial charge on any atom is -0.331 e. The summed E-state index contributed by atoms with van der Waals surface area (Å²) in [4.78, 5) is 12.3. The minimum atomic E-state index is -0.296. The number of amides is 2. The van der Waals surface area contributed by atoms with E-state index in [-0.39, 0.29) is 12.1 Å². The van der Waals surface area contributed by atoms with Crippen molar-refractivity contribution < 1.29 is 4.79 Å². The molecular weight excluding hydrogens is 268 g/mol. The van der Waals surface area contributed by atoms with E-state index < -0.39 is 0 Å². The second kappa shape index (κ2) is 6.82. The van der Waals surface area contributed by atoms with Gasteiger partial charge in [-0.15, -0.1) is 0 Å². The summed E-state index contributed by atoms with van der Waals surface area (Å²) in [6.45, 7) is 1.93. The Labute approximate surface area is 124 Å². The summed E-state index contributed by atoms with van der Waals surface area (Å²) in [5, 5.41) is 5.54. The zero-order chi connectivity index (χ0) is 14.4. The van der Waals surface area contributed by atoms with Crippen LogP contribution >= 0.6 is 12.2 Å². The Bertz CT molecular complexity index is 584. The fraction of sp³-hybridized carbons (Fsp3) is 0.125. The van der Waals surface area contributed by atoms with Gasteiger partial charge in [-0.1, -0.05) is 72.9 Å². The lowest BCUT2D eigenvalue weighted by molar-refractivity contribution is 0.242. The van der Waals surface area contributed by atoms with Crippen molar-refractivity contribution in [2.75, 3.05) is 0 Å². The second-order valence-electron chi connectivity index (χ2n) is 4.43. The topological polar surface area (TPSA) is 41.1 Å². The molecule has 0 bridgehead atoms. The summed E-state index contributed by atoms with van der Waals surface area (Å²) in [5.41, 5.74) is 1.87. The zero-order valence-electron chi connectivity index (χ0n) is 11.2. The molecule has 20 heavy (non-hydrogen) atoms. The number of benzene rings is 2. The van der Waals surface area contributed by atoms with Crippen molar-refractivity contribution in [3.05, 3.63) is 71.8 Å². The fourth-order valence-corrected chi connectivity index (χ4v) is 2.05. The van der Waals surface area contributed by atoms with Crippen molar-refractivity contribution in [3.63, 3.8) is 0 Å². The van der Waals surface area contributed by atoms with Crippen LogP contribution in [0.2, 0.25) is 0 Å². The molecule has 0 radical (unpaired) electrons. The van der Waals surface area contributed by atoms with Gasteiger partial charge in [-0.2, -0.15) is 0 Å². The van der Waals surface area contributed by atoms with Crippen LogP contribution in [0.4, 0.5) is 4.79 Å². The van der Waals surface area contributed by atoms with Gasteiger partial charge in [-0.25, -0.2) is 4.79 Å². The molecule has 3 nitrogen and oxygen atoms in total. The highest BCUT2D eigenvalue weighted by Crippen LogP contribution is 2.10. The molecule has 0 aliphatic heterocycles. The Morgan fingerprint density at radius 3 is 2.15 bits per heavy atom. The van der Waals surface area contributed by atoms with Crippen molar-refractivity contribution in [2.24, 2.45) is 0 Å². The molecule has 2 aromatic rings. The van der Waals surface area contributed by atoms with Crippen LogP contribution in [0.1, 0.15) is 24.1 Å². The number of carbonyl (C=O) groups excluding carboxylic acids is 1. The van der Waals surface area contributed by atoms with Crippen LogP contribution in [0.25, 0.3) is 0 Å².